The number of rotatable bonds is 3. The summed E-state index contributed by atoms with van der Waals surface area (Å²) in [7, 11) is -4.65. The molecule has 1 unspecified atom stereocenters. The standard InChI is InChI=1S/C9H15FN2O3S/c10-16(14,15)12-5-1-2-7(6-12)9(13)11-8-3-4-8/h7-8H,1-6H2,(H,11,13). The highest BCUT2D eigenvalue weighted by Gasteiger charge is 2.34. The first kappa shape index (κ1) is 11.8. The van der Waals surface area contributed by atoms with Gasteiger partial charge in [-0.3, -0.25) is 4.79 Å². The van der Waals surface area contributed by atoms with Crippen LogP contribution in [-0.4, -0.2) is 37.8 Å². The van der Waals surface area contributed by atoms with Crippen LogP contribution in [0.25, 0.3) is 0 Å². The number of carbonyl (C=O) groups excluding carboxylic acids is 1. The van der Waals surface area contributed by atoms with Crippen molar-refractivity contribution in [3.8, 4) is 0 Å². The first-order chi connectivity index (χ1) is 7.47. The summed E-state index contributed by atoms with van der Waals surface area (Å²) in [6, 6.07) is 0.255. The third-order valence-corrected chi connectivity index (χ3v) is 3.94. The van der Waals surface area contributed by atoms with E-state index < -0.39 is 16.3 Å². The van der Waals surface area contributed by atoms with Crippen molar-refractivity contribution in [3.05, 3.63) is 0 Å². The Morgan fingerprint density at radius 3 is 2.56 bits per heavy atom. The number of piperidine rings is 1. The summed E-state index contributed by atoms with van der Waals surface area (Å²) in [6.07, 6.45) is 3.14. The molecule has 16 heavy (non-hydrogen) atoms. The van der Waals surface area contributed by atoms with Crippen molar-refractivity contribution in [3.63, 3.8) is 0 Å². The average Bonchev–Trinajstić information content (AvgIpc) is 3.00. The van der Waals surface area contributed by atoms with Crippen molar-refractivity contribution in [1.82, 2.24) is 9.62 Å². The number of nitrogens with zero attached hydrogens (tertiary/aromatic N) is 1. The van der Waals surface area contributed by atoms with Crippen LogP contribution in [-0.2, 0) is 15.2 Å². The SMILES string of the molecule is O=C(NC1CC1)C1CCCN(S(=O)(=O)F)C1. The Labute approximate surface area is 94.3 Å². The summed E-state index contributed by atoms with van der Waals surface area (Å²) in [5, 5.41) is 2.81. The zero-order valence-electron chi connectivity index (χ0n) is 8.86. The van der Waals surface area contributed by atoms with Crippen LogP contribution in [0.5, 0.6) is 0 Å². The molecule has 1 saturated heterocycles. The van der Waals surface area contributed by atoms with Crippen LogP contribution in [0.4, 0.5) is 3.89 Å². The molecule has 2 rings (SSSR count). The van der Waals surface area contributed by atoms with Gasteiger partial charge in [0.2, 0.25) is 5.91 Å². The topological polar surface area (TPSA) is 66.5 Å². The summed E-state index contributed by atoms with van der Waals surface area (Å²) in [6.45, 7) is 0.142. The normalized spacial score (nSPS) is 27.7. The van der Waals surface area contributed by atoms with Crippen LogP contribution in [0.1, 0.15) is 25.7 Å². The van der Waals surface area contributed by atoms with Crippen LogP contribution in [0.2, 0.25) is 0 Å². The van der Waals surface area contributed by atoms with Gasteiger partial charge in [-0.1, -0.05) is 3.89 Å². The van der Waals surface area contributed by atoms with Gasteiger partial charge in [-0.05, 0) is 25.7 Å². The highest BCUT2D eigenvalue weighted by Crippen LogP contribution is 2.23. The van der Waals surface area contributed by atoms with Crippen molar-refractivity contribution >= 4 is 16.3 Å². The van der Waals surface area contributed by atoms with Gasteiger partial charge in [-0.15, -0.1) is 0 Å². The Morgan fingerprint density at radius 1 is 1.31 bits per heavy atom. The van der Waals surface area contributed by atoms with Gasteiger partial charge < -0.3 is 5.32 Å². The van der Waals surface area contributed by atoms with E-state index >= 15 is 0 Å². The molecule has 1 aliphatic heterocycles. The third-order valence-electron chi connectivity index (χ3n) is 2.99. The highest BCUT2D eigenvalue weighted by molar-refractivity contribution is 7.83. The second kappa shape index (κ2) is 4.29. The van der Waals surface area contributed by atoms with E-state index in [1.807, 2.05) is 0 Å². The Bertz CT molecular complexity index is 380. The second-order valence-corrected chi connectivity index (χ2v) is 5.76. The van der Waals surface area contributed by atoms with Crippen LogP contribution in [0, 0.1) is 5.92 Å². The van der Waals surface area contributed by atoms with Gasteiger partial charge in [-0.2, -0.15) is 12.7 Å². The fraction of sp³-hybridized carbons (Fsp3) is 0.889. The van der Waals surface area contributed by atoms with Gasteiger partial charge in [0.25, 0.3) is 0 Å². The zero-order valence-corrected chi connectivity index (χ0v) is 9.67. The van der Waals surface area contributed by atoms with E-state index in [4.69, 9.17) is 0 Å². The lowest BCUT2D eigenvalue weighted by Gasteiger charge is -2.28. The highest BCUT2D eigenvalue weighted by atomic mass is 32.3. The Kier molecular flexibility index (Phi) is 3.16. The number of carbonyl (C=O) groups is 1. The van der Waals surface area contributed by atoms with E-state index in [0.717, 1.165) is 17.1 Å². The lowest BCUT2D eigenvalue weighted by Crippen LogP contribution is -2.44. The first-order valence-corrected chi connectivity index (χ1v) is 6.81. The van der Waals surface area contributed by atoms with E-state index in [9.17, 15) is 17.1 Å². The van der Waals surface area contributed by atoms with Gasteiger partial charge in [0, 0.05) is 19.1 Å². The Balaban J connectivity index is 1.92. The van der Waals surface area contributed by atoms with Gasteiger partial charge in [0.05, 0.1) is 5.92 Å². The Morgan fingerprint density at radius 2 is 2.00 bits per heavy atom. The molecule has 1 amide bonds. The van der Waals surface area contributed by atoms with E-state index in [1.165, 1.54) is 0 Å². The maximum atomic E-state index is 12.8. The summed E-state index contributed by atoms with van der Waals surface area (Å²) in [5.41, 5.74) is 0. The number of halogens is 1. The number of nitrogens with one attached hydrogen (secondary N) is 1. The lowest BCUT2D eigenvalue weighted by atomic mass is 9.99. The number of hydrogen-bond acceptors (Lipinski definition) is 3. The maximum absolute atomic E-state index is 12.8. The Hall–Kier alpha value is -0.690. The van der Waals surface area contributed by atoms with Crippen molar-refractivity contribution in [1.29, 1.82) is 0 Å². The molecule has 0 spiro atoms. The number of amides is 1. The molecule has 92 valence electrons. The van der Waals surface area contributed by atoms with Crippen molar-refractivity contribution < 1.29 is 17.1 Å². The fourth-order valence-corrected chi connectivity index (χ4v) is 2.61. The molecule has 1 aliphatic carbocycles. The molecular formula is C9H15FN2O3S. The molecule has 7 heteroatoms. The molecule has 0 bridgehead atoms. The predicted molar refractivity (Wildman–Crippen MR) is 55.5 cm³/mol. The van der Waals surface area contributed by atoms with E-state index in [2.05, 4.69) is 5.32 Å². The van der Waals surface area contributed by atoms with Gasteiger partial charge in [-0.25, -0.2) is 0 Å². The zero-order chi connectivity index (χ0) is 11.8. The second-order valence-electron chi connectivity index (χ2n) is 4.42. The molecule has 0 radical (unpaired) electrons. The van der Waals surface area contributed by atoms with Crippen LogP contribution in [0.15, 0.2) is 0 Å². The van der Waals surface area contributed by atoms with E-state index in [1.54, 1.807) is 0 Å². The molecule has 0 aromatic rings. The minimum Gasteiger partial charge on any atom is -0.353 e. The van der Waals surface area contributed by atoms with Crippen LogP contribution >= 0.6 is 0 Å². The minimum absolute atomic E-state index is 0.0304. The van der Waals surface area contributed by atoms with Crippen molar-refractivity contribution in [2.75, 3.05) is 13.1 Å². The predicted octanol–water partition coefficient (Wildman–Crippen LogP) is 0.191. The van der Waals surface area contributed by atoms with E-state index in [-0.39, 0.29) is 25.0 Å². The summed E-state index contributed by atoms with van der Waals surface area (Å²) in [5.74, 6) is -0.546. The summed E-state index contributed by atoms with van der Waals surface area (Å²) < 4.78 is 34.9. The molecular weight excluding hydrogens is 235 g/mol. The van der Waals surface area contributed by atoms with E-state index in [0.29, 0.717) is 12.8 Å². The molecule has 1 heterocycles. The van der Waals surface area contributed by atoms with Gasteiger partial charge in [0.1, 0.15) is 0 Å². The summed E-state index contributed by atoms with van der Waals surface area (Å²) >= 11 is 0. The third kappa shape index (κ3) is 2.91. The molecule has 2 fully saturated rings. The smallest absolute Gasteiger partial charge is 0.353 e. The van der Waals surface area contributed by atoms with Gasteiger partial charge in [0.15, 0.2) is 0 Å². The maximum Gasteiger partial charge on any atom is 0.374 e. The molecule has 0 aromatic heterocycles. The molecule has 1 N–H and O–H groups in total. The molecule has 1 saturated carbocycles. The quantitative estimate of drug-likeness (QED) is 0.727. The van der Waals surface area contributed by atoms with Crippen molar-refractivity contribution in [2.24, 2.45) is 5.92 Å². The number of hydrogen-bond donors (Lipinski definition) is 1. The minimum atomic E-state index is -4.65. The van der Waals surface area contributed by atoms with Crippen LogP contribution < -0.4 is 5.32 Å². The van der Waals surface area contributed by atoms with Crippen molar-refractivity contribution in [2.45, 2.75) is 31.7 Å². The first-order valence-electron chi connectivity index (χ1n) is 5.47. The monoisotopic (exact) mass is 250 g/mol. The molecule has 2 aliphatic rings. The molecule has 1 atom stereocenters. The van der Waals surface area contributed by atoms with Crippen LogP contribution in [0.3, 0.4) is 0 Å². The molecule has 0 aromatic carbocycles. The lowest BCUT2D eigenvalue weighted by molar-refractivity contribution is -0.126. The largest absolute Gasteiger partial charge is 0.374 e. The fourth-order valence-electron chi connectivity index (χ4n) is 1.90. The average molecular weight is 250 g/mol. The molecule has 5 nitrogen and oxygen atoms in total. The summed E-state index contributed by atoms with van der Waals surface area (Å²) in [4.78, 5) is 11.7. The van der Waals surface area contributed by atoms with Gasteiger partial charge >= 0.3 is 10.4 Å².